The van der Waals surface area contributed by atoms with Crippen molar-refractivity contribution < 1.29 is 9.53 Å². The zero-order valence-corrected chi connectivity index (χ0v) is 16.4. The fraction of sp³-hybridized carbons (Fsp3) is 0.545. The molecule has 3 rings (SSSR count). The van der Waals surface area contributed by atoms with E-state index in [1.807, 2.05) is 25.1 Å². The Morgan fingerprint density at radius 3 is 2.74 bits per heavy atom. The number of pyridine rings is 1. The summed E-state index contributed by atoms with van der Waals surface area (Å²) in [5.41, 5.74) is 0.686. The van der Waals surface area contributed by atoms with Gasteiger partial charge in [-0.1, -0.05) is 26.2 Å². The third-order valence-electron chi connectivity index (χ3n) is 5.58. The van der Waals surface area contributed by atoms with Crippen LogP contribution in [0, 0.1) is 5.92 Å². The highest BCUT2D eigenvalue weighted by Crippen LogP contribution is 2.24. The quantitative estimate of drug-likeness (QED) is 0.798. The van der Waals surface area contributed by atoms with Crippen molar-refractivity contribution in [3.63, 3.8) is 0 Å². The Bertz CT molecular complexity index is 824. The summed E-state index contributed by atoms with van der Waals surface area (Å²) in [7, 11) is 0. The molecule has 1 N–H and O–H groups in total. The molecule has 0 spiro atoms. The topological polar surface area (TPSA) is 62.4 Å². The highest BCUT2D eigenvalue weighted by atomic mass is 16.5. The molecule has 1 amide bonds. The molecule has 146 valence electrons. The van der Waals surface area contributed by atoms with Crippen LogP contribution >= 0.6 is 0 Å². The van der Waals surface area contributed by atoms with Gasteiger partial charge in [0.2, 0.25) is 11.5 Å². The van der Waals surface area contributed by atoms with E-state index in [0.29, 0.717) is 19.1 Å². The minimum atomic E-state index is -0.109. The Morgan fingerprint density at radius 1 is 1.22 bits per heavy atom. The van der Waals surface area contributed by atoms with E-state index in [1.54, 1.807) is 6.07 Å². The summed E-state index contributed by atoms with van der Waals surface area (Å²) in [6.07, 6.45) is 6.75. The molecule has 5 nitrogen and oxygen atoms in total. The molecule has 27 heavy (non-hydrogen) atoms. The SMILES string of the molecule is CCN(C(=O)C(C)CCOc1ccc2[nH]c(=O)ccc2c1)C1CCCCC1. The number of H-pyrrole nitrogens is 1. The number of nitrogens with one attached hydrogen (secondary N) is 1. The van der Waals surface area contributed by atoms with Gasteiger partial charge in [-0.25, -0.2) is 0 Å². The summed E-state index contributed by atoms with van der Waals surface area (Å²) >= 11 is 0. The van der Waals surface area contributed by atoms with Gasteiger partial charge in [0.1, 0.15) is 5.75 Å². The van der Waals surface area contributed by atoms with Gasteiger partial charge in [-0.05, 0) is 50.5 Å². The summed E-state index contributed by atoms with van der Waals surface area (Å²) in [4.78, 5) is 29.1. The van der Waals surface area contributed by atoms with Crippen LogP contribution in [0.4, 0.5) is 0 Å². The minimum Gasteiger partial charge on any atom is -0.494 e. The number of hydrogen-bond acceptors (Lipinski definition) is 3. The smallest absolute Gasteiger partial charge is 0.248 e. The second-order valence-electron chi connectivity index (χ2n) is 7.53. The Morgan fingerprint density at radius 2 is 2.00 bits per heavy atom. The van der Waals surface area contributed by atoms with Gasteiger partial charge in [-0.15, -0.1) is 0 Å². The maximum absolute atomic E-state index is 12.9. The van der Waals surface area contributed by atoms with Gasteiger partial charge in [0, 0.05) is 35.5 Å². The maximum Gasteiger partial charge on any atom is 0.248 e. The lowest BCUT2D eigenvalue weighted by Gasteiger charge is -2.35. The third-order valence-corrected chi connectivity index (χ3v) is 5.58. The molecular formula is C22H30N2O3. The lowest BCUT2D eigenvalue weighted by Crippen LogP contribution is -2.44. The van der Waals surface area contributed by atoms with Crippen LogP contribution in [0.15, 0.2) is 35.1 Å². The number of ether oxygens (including phenoxy) is 1. The van der Waals surface area contributed by atoms with Crippen molar-refractivity contribution in [2.24, 2.45) is 5.92 Å². The van der Waals surface area contributed by atoms with Gasteiger partial charge in [0.15, 0.2) is 0 Å². The molecular weight excluding hydrogens is 340 g/mol. The molecule has 0 aliphatic heterocycles. The first-order chi connectivity index (χ1) is 13.1. The summed E-state index contributed by atoms with van der Waals surface area (Å²) in [5.74, 6) is 0.974. The largest absolute Gasteiger partial charge is 0.494 e. The summed E-state index contributed by atoms with van der Waals surface area (Å²) in [6, 6.07) is 9.34. The van der Waals surface area contributed by atoms with E-state index in [-0.39, 0.29) is 17.4 Å². The molecule has 2 aromatic rings. The number of aromatic nitrogens is 1. The molecule has 1 heterocycles. The molecule has 1 fully saturated rings. The molecule has 1 aliphatic rings. The lowest BCUT2D eigenvalue weighted by atomic mass is 9.93. The van der Waals surface area contributed by atoms with Gasteiger partial charge < -0.3 is 14.6 Å². The van der Waals surface area contributed by atoms with Crippen molar-refractivity contribution in [3.8, 4) is 5.75 Å². The Balaban J connectivity index is 1.53. The van der Waals surface area contributed by atoms with Crippen LogP contribution in [-0.2, 0) is 4.79 Å². The van der Waals surface area contributed by atoms with Crippen LogP contribution in [0.2, 0.25) is 0 Å². The Labute approximate surface area is 160 Å². The average molecular weight is 370 g/mol. The van der Waals surface area contributed by atoms with E-state index in [0.717, 1.165) is 36.0 Å². The van der Waals surface area contributed by atoms with Crippen molar-refractivity contribution >= 4 is 16.8 Å². The van der Waals surface area contributed by atoms with Crippen molar-refractivity contribution in [1.29, 1.82) is 0 Å². The van der Waals surface area contributed by atoms with Crippen LogP contribution in [0.25, 0.3) is 10.9 Å². The first-order valence-electron chi connectivity index (χ1n) is 10.1. The fourth-order valence-electron chi connectivity index (χ4n) is 3.97. The molecule has 1 aliphatic carbocycles. The molecule has 0 bridgehead atoms. The highest BCUT2D eigenvalue weighted by molar-refractivity contribution is 5.80. The number of benzene rings is 1. The van der Waals surface area contributed by atoms with Gasteiger partial charge >= 0.3 is 0 Å². The molecule has 1 aromatic heterocycles. The van der Waals surface area contributed by atoms with Crippen LogP contribution in [0.3, 0.4) is 0 Å². The number of hydrogen-bond donors (Lipinski definition) is 1. The van der Waals surface area contributed by atoms with Crippen LogP contribution < -0.4 is 10.3 Å². The minimum absolute atomic E-state index is 0.0383. The number of rotatable bonds is 7. The zero-order chi connectivity index (χ0) is 19.2. The number of carbonyl (C=O) groups is 1. The highest BCUT2D eigenvalue weighted by Gasteiger charge is 2.27. The molecule has 0 radical (unpaired) electrons. The predicted molar refractivity (Wildman–Crippen MR) is 108 cm³/mol. The van der Waals surface area contributed by atoms with Gasteiger partial charge in [0.25, 0.3) is 0 Å². The van der Waals surface area contributed by atoms with E-state index in [1.165, 1.54) is 25.3 Å². The number of fused-ring (bicyclic) bond motifs is 1. The number of aromatic amines is 1. The standard InChI is InChI=1S/C22H30N2O3/c1-3-24(18-7-5-4-6-8-18)22(26)16(2)13-14-27-19-10-11-20-17(15-19)9-12-21(25)23-20/h9-12,15-16,18H,3-8,13-14H2,1-2H3,(H,23,25). The van der Waals surface area contributed by atoms with Gasteiger partial charge in [-0.2, -0.15) is 0 Å². The second kappa shape index (κ2) is 9.07. The average Bonchev–Trinajstić information content (AvgIpc) is 2.69. The van der Waals surface area contributed by atoms with Gasteiger partial charge in [0.05, 0.1) is 6.61 Å². The van der Waals surface area contributed by atoms with Crippen LogP contribution in [0.1, 0.15) is 52.4 Å². The Hall–Kier alpha value is -2.30. The zero-order valence-electron chi connectivity index (χ0n) is 16.4. The fourth-order valence-corrected chi connectivity index (χ4v) is 3.97. The molecule has 1 aromatic carbocycles. The van der Waals surface area contributed by atoms with Crippen molar-refractivity contribution in [1.82, 2.24) is 9.88 Å². The van der Waals surface area contributed by atoms with Crippen LogP contribution in [0.5, 0.6) is 5.75 Å². The molecule has 1 unspecified atom stereocenters. The van der Waals surface area contributed by atoms with E-state index in [2.05, 4.69) is 16.8 Å². The predicted octanol–water partition coefficient (Wildman–Crippen LogP) is 4.11. The summed E-state index contributed by atoms with van der Waals surface area (Å²) < 4.78 is 5.86. The Kier molecular flexibility index (Phi) is 6.54. The maximum atomic E-state index is 12.9. The van der Waals surface area contributed by atoms with E-state index >= 15 is 0 Å². The van der Waals surface area contributed by atoms with Crippen molar-refractivity contribution in [2.45, 2.75) is 58.4 Å². The molecule has 0 saturated heterocycles. The van der Waals surface area contributed by atoms with E-state index in [9.17, 15) is 9.59 Å². The molecule has 1 atom stereocenters. The van der Waals surface area contributed by atoms with E-state index in [4.69, 9.17) is 4.74 Å². The summed E-state index contributed by atoms with van der Waals surface area (Å²) in [6.45, 7) is 5.37. The van der Waals surface area contributed by atoms with E-state index < -0.39 is 0 Å². The van der Waals surface area contributed by atoms with Crippen molar-refractivity contribution in [2.75, 3.05) is 13.2 Å². The van der Waals surface area contributed by atoms with Crippen LogP contribution in [-0.4, -0.2) is 35.0 Å². The molecule has 1 saturated carbocycles. The summed E-state index contributed by atoms with van der Waals surface area (Å²) in [5, 5.41) is 0.936. The molecule has 5 heteroatoms. The third kappa shape index (κ3) is 4.90. The monoisotopic (exact) mass is 370 g/mol. The number of carbonyl (C=O) groups excluding carboxylic acids is 1. The van der Waals surface area contributed by atoms with Crippen molar-refractivity contribution in [3.05, 3.63) is 40.7 Å². The number of amides is 1. The van der Waals surface area contributed by atoms with Gasteiger partial charge in [-0.3, -0.25) is 9.59 Å². The number of nitrogens with zero attached hydrogens (tertiary/aromatic N) is 1. The second-order valence-corrected chi connectivity index (χ2v) is 7.53. The first-order valence-corrected chi connectivity index (χ1v) is 10.1. The lowest BCUT2D eigenvalue weighted by molar-refractivity contribution is -0.138. The normalized spacial score (nSPS) is 16.2. The first kappa shape index (κ1) is 19.5.